The van der Waals surface area contributed by atoms with Gasteiger partial charge in [-0.05, 0) is 71.6 Å². The number of hydrogen-bond donors (Lipinski definition) is 2. The predicted octanol–water partition coefficient (Wildman–Crippen LogP) is 6.23. The molecular formula is C30H47FN2O6. The lowest BCUT2D eigenvalue weighted by Gasteiger charge is -2.54. The van der Waals surface area contributed by atoms with Gasteiger partial charge in [0.1, 0.15) is 18.0 Å². The lowest BCUT2D eigenvalue weighted by atomic mass is 9.73. The van der Waals surface area contributed by atoms with E-state index in [2.05, 4.69) is 0 Å². The Labute approximate surface area is 232 Å². The Morgan fingerprint density at radius 1 is 0.795 bits per heavy atom. The van der Waals surface area contributed by atoms with Crippen molar-refractivity contribution in [3.63, 3.8) is 0 Å². The van der Waals surface area contributed by atoms with E-state index in [1.807, 2.05) is 69.2 Å². The molecule has 0 saturated carbocycles. The van der Waals surface area contributed by atoms with Gasteiger partial charge < -0.3 is 19.9 Å². The first-order valence-electron chi connectivity index (χ1n) is 13.9. The number of halogens is 1. The van der Waals surface area contributed by atoms with Gasteiger partial charge in [-0.3, -0.25) is 0 Å². The molecule has 1 aromatic carbocycles. The zero-order valence-electron chi connectivity index (χ0n) is 25.2. The summed E-state index contributed by atoms with van der Waals surface area (Å²) >= 11 is 0. The second-order valence-corrected chi connectivity index (χ2v) is 13.8. The van der Waals surface area contributed by atoms with E-state index in [0.29, 0.717) is 25.7 Å². The number of piperidine rings is 2. The van der Waals surface area contributed by atoms with Crippen molar-refractivity contribution in [2.45, 2.75) is 129 Å². The van der Waals surface area contributed by atoms with Crippen LogP contribution < -0.4 is 0 Å². The van der Waals surface area contributed by atoms with Crippen molar-refractivity contribution in [1.82, 2.24) is 10.1 Å². The molecule has 2 fully saturated rings. The van der Waals surface area contributed by atoms with Crippen molar-refractivity contribution in [3.05, 3.63) is 35.1 Å². The average molecular weight is 551 g/mol. The van der Waals surface area contributed by atoms with E-state index in [9.17, 15) is 20.0 Å². The standard InChI is InChI=1S/C30H47FN2O6/c1-18(2)29(9)16-21(14-27(5,6)32(29)36)38-25(34)20-11-12-23(24(31)13-20)26(35)39-22-15-28(7,8)33(37)30(10,17-22)19(3)4/h11-13,18-19,21-22,36-37H,14-17H2,1-10H3. The monoisotopic (exact) mass is 550 g/mol. The average Bonchev–Trinajstić information content (AvgIpc) is 2.80. The third-order valence-corrected chi connectivity index (χ3v) is 9.31. The fraction of sp³-hybridized carbons (Fsp3) is 0.733. The second-order valence-electron chi connectivity index (χ2n) is 13.8. The second kappa shape index (κ2) is 10.7. The summed E-state index contributed by atoms with van der Waals surface area (Å²) in [5.74, 6) is -2.18. The minimum absolute atomic E-state index is 0.00152. The minimum Gasteiger partial charge on any atom is -0.459 e. The first-order chi connectivity index (χ1) is 17.7. The van der Waals surface area contributed by atoms with E-state index in [1.54, 1.807) is 0 Å². The van der Waals surface area contributed by atoms with Gasteiger partial charge in [-0.25, -0.2) is 14.0 Å². The van der Waals surface area contributed by atoms with Crippen LogP contribution in [0.15, 0.2) is 18.2 Å². The Morgan fingerprint density at radius 2 is 1.21 bits per heavy atom. The Morgan fingerprint density at radius 3 is 1.59 bits per heavy atom. The molecule has 2 heterocycles. The van der Waals surface area contributed by atoms with E-state index < -0.39 is 52.1 Å². The molecule has 0 radical (unpaired) electrons. The fourth-order valence-corrected chi connectivity index (χ4v) is 6.28. The third kappa shape index (κ3) is 6.01. The van der Waals surface area contributed by atoms with Gasteiger partial charge in [0.05, 0.1) is 11.1 Å². The van der Waals surface area contributed by atoms with E-state index in [0.717, 1.165) is 6.07 Å². The summed E-state index contributed by atoms with van der Waals surface area (Å²) in [6.45, 7) is 19.4. The molecule has 2 saturated heterocycles. The van der Waals surface area contributed by atoms with Crippen LogP contribution in [-0.2, 0) is 9.47 Å². The van der Waals surface area contributed by atoms with Gasteiger partial charge in [-0.1, -0.05) is 27.7 Å². The van der Waals surface area contributed by atoms with E-state index in [4.69, 9.17) is 9.47 Å². The lowest BCUT2D eigenvalue weighted by Crippen LogP contribution is -2.64. The van der Waals surface area contributed by atoms with Crippen LogP contribution in [0, 0.1) is 17.7 Å². The van der Waals surface area contributed by atoms with Crippen LogP contribution in [0.4, 0.5) is 4.39 Å². The molecular weight excluding hydrogens is 503 g/mol. The highest BCUT2D eigenvalue weighted by molar-refractivity contribution is 5.93. The summed E-state index contributed by atoms with van der Waals surface area (Å²) in [4.78, 5) is 25.9. The van der Waals surface area contributed by atoms with Crippen molar-refractivity contribution in [3.8, 4) is 0 Å². The minimum atomic E-state index is -0.863. The van der Waals surface area contributed by atoms with E-state index >= 15 is 4.39 Å². The van der Waals surface area contributed by atoms with Gasteiger partial charge in [0, 0.05) is 47.8 Å². The zero-order valence-corrected chi connectivity index (χ0v) is 25.2. The number of nitrogens with zero attached hydrogens (tertiary/aromatic N) is 2. The van der Waals surface area contributed by atoms with Crippen molar-refractivity contribution < 1.29 is 33.9 Å². The van der Waals surface area contributed by atoms with E-state index in [-0.39, 0.29) is 23.0 Å². The quantitative estimate of drug-likeness (QED) is 0.402. The third-order valence-electron chi connectivity index (χ3n) is 9.31. The SMILES string of the molecule is CC(C)C1(C)CC(OC(=O)c2ccc(C(=O)OC3CC(C)(C)N(O)C(C)(C(C)C)C3)c(F)c2)CC(C)(C)N1O. The van der Waals surface area contributed by atoms with Crippen LogP contribution >= 0.6 is 0 Å². The molecule has 8 nitrogen and oxygen atoms in total. The van der Waals surface area contributed by atoms with Crippen molar-refractivity contribution in [2.75, 3.05) is 0 Å². The Balaban J connectivity index is 1.73. The highest BCUT2D eigenvalue weighted by atomic mass is 19.1. The lowest BCUT2D eigenvalue weighted by molar-refractivity contribution is -0.273. The normalized spacial score (nSPS) is 31.4. The van der Waals surface area contributed by atoms with Crippen molar-refractivity contribution >= 4 is 11.9 Å². The van der Waals surface area contributed by atoms with Crippen LogP contribution in [0.2, 0.25) is 0 Å². The number of esters is 2. The summed E-state index contributed by atoms with van der Waals surface area (Å²) in [5.41, 5.74) is -2.73. The van der Waals surface area contributed by atoms with Gasteiger partial charge in [0.25, 0.3) is 0 Å². The number of carbonyl (C=O) groups excluding carboxylic acids is 2. The number of benzene rings is 1. The molecule has 3 rings (SSSR count). The maximum atomic E-state index is 15.1. The van der Waals surface area contributed by atoms with Crippen LogP contribution in [0.1, 0.15) is 116 Å². The molecule has 2 aliphatic heterocycles. The summed E-state index contributed by atoms with van der Waals surface area (Å²) < 4.78 is 26.6. The largest absolute Gasteiger partial charge is 0.459 e. The number of carbonyl (C=O) groups is 2. The summed E-state index contributed by atoms with van der Waals surface area (Å²) in [6, 6.07) is 3.63. The summed E-state index contributed by atoms with van der Waals surface area (Å²) in [6.07, 6.45) is 0.669. The van der Waals surface area contributed by atoms with E-state index in [1.165, 1.54) is 22.3 Å². The highest BCUT2D eigenvalue weighted by Crippen LogP contribution is 2.43. The molecule has 0 spiro atoms. The molecule has 0 aromatic heterocycles. The van der Waals surface area contributed by atoms with Crippen molar-refractivity contribution in [2.24, 2.45) is 11.8 Å². The van der Waals surface area contributed by atoms with Crippen LogP contribution in [-0.4, -0.2) is 66.8 Å². The van der Waals surface area contributed by atoms with Gasteiger partial charge >= 0.3 is 11.9 Å². The molecule has 0 aliphatic carbocycles. The molecule has 2 aliphatic rings. The van der Waals surface area contributed by atoms with Gasteiger partial charge in [0.2, 0.25) is 0 Å². The molecule has 4 atom stereocenters. The first-order valence-corrected chi connectivity index (χ1v) is 13.9. The van der Waals surface area contributed by atoms with Crippen LogP contribution in [0.5, 0.6) is 0 Å². The van der Waals surface area contributed by atoms with Crippen LogP contribution in [0.3, 0.4) is 0 Å². The molecule has 0 amide bonds. The zero-order chi connectivity index (χ0) is 29.7. The molecule has 220 valence electrons. The van der Waals surface area contributed by atoms with Gasteiger partial charge in [-0.2, -0.15) is 10.1 Å². The summed E-state index contributed by atoms with van der Waals surface area (Å²) in [5, 5.41) is 24.3. The van der Waals surface area contributed by atoms with Gasteiger partial charge in [0.15, 0.2) is 0 Å². The van der Waals surface area contributed by atoms with Gasteiger partial charge in [-0.15, -0.1) is 0 Å². The Bertz CT molecular complexity index is 1090. The molecule has 2 N–H and O–H groups in total. The number of ether oxygens (including phenoxy) is 2. The number of hydrogen-bond acceptors (Lipinski definition) is 8. The maximum Gasteiger partial charge on any atom is 0.341 e. The Hall–Kier alpha value is -2.07. The predicted molar refractivity (Wildman–Crippen MR) is 145 cm³/mol. The van der Waals surface area contributed by atoms with Crippen LogP contribution in [0.25, 0.3) is 0 Å². The topological polar surface area (TPSA) is 99.5 Å². The molecule has 39 heavy (non-hydrogen) atoms. The Kier molecular flexibility index (Phi) is 8.65. The molecule has 4 unspecified atom stereocenters. The highest BCUT2D eigenvalue weighted by Gasteiger charge is 2.51. The molecule has 9 heteroatoms. The number of rotatable bonds is 6. The smallest absolute Gasteiger partial charge is 0.341 e. The van der Waals surface area contributed by atoms with Crippen molar-refractivity contribution in [1.29, 1.82) is 0 Å². The maximum absolute atomic E-state index is 15.1. The first kappa shape index (κ1) is 31.5. The molecule has 1 aromatic rings. The summed E-state index contributed by atoms with van der Waals surface area (Å²) in [7, 11) is 0. The fourth-order valence-electron chi connectivity index (χ4n) is 6.28. The number of hydroxylamine groups is 4. The molecule has 0 bridgehead atoms.